The summed E-state index contributed by atoms with van der Waals surface area (Å²) in [4.78, 5) is 4.63. The van der Waals surface area contributed by atoms with Crippen molar-refractivity contribution in [3.63, 3.8) is 0 Å². The van der Waals surface area contributed by atoms with Crippen LogP contribution in [0.5, 0.6) is 0 Å². The Hall–Kier alpha value is -7.78. The number of hydrogen-bond acceptors (Lipinski definition) is 5. The highest BCUT2D eigenvalue weighted by Crippen LogP contribution is 2.33. The molecule has 14 heteroatoms. The largest absolute Gasteiger partial charge is 0.864 e. The number of nitrogens with one attached hydrogen (secondary N) is 1. The molecule has 0 heterocycles. The molecular weight excluding hydrogens is 1060 g/mol. The van der Waals surface area contributed by atoms with E-state index in [-0.39, 0.29) is 19.2 Å². The molecule has 0 spiro atoms. The number of aliphatic hydroxyl groups is 1. The number of aryl methyl sites for hydroxylation is 3. The highest BCUT2D eigenvalue weighted by atomic mass is 19.4. The van der Waals surface area contributed by atoms with Crippen molar-refractivity contribution in [2.24, 2.45) is 10.7 Å². The Morgan fingerprint density at radius 3 is 1.55 bits per heavy atom. The number of rotatable bonds is 15. The first-order valence-corrected chi connectivity index (χ1v) is 26.4. The fourth-order valence-corrected chi connectivity index (χ4v) is 8.99. The summed E-state index contributed by atoms with van der Waals surface area (Å²) < 4.78 is 113. The molecule has 0 saturated heterocycles. The first kappa shape index (κ1) is 66.7. The maximum absolute atomic E-state index is 12.8. The molecule has 5 nitrogen and oxygen atoms in total. The van der Waals surface area contributed by atoms with Crippen molar-refractivity contribution < 1.29 is 49.7 Å². The lowest BCUT2D eigenvalue weighted by molar-refractivity contribution is -0.243. The lowest BCUT2D eigenvalue weighted by Gasteiger charge is -2.17. The fraction of sp³-hybridized carbons (Fsp3) is 0.250. The zero-order valence-corrected chi connectivity index (χ0v) is 45.5. The van der Waals surface area contributed by atoms with Crippen molar-refractivity contribution in [1.82, 2.24) is 5.32 Å². The number of benzene rings is 8. The summed E-state index contributed by atoms with van der Waals surface area (Å²) in [5, 5.41) is 26.4. The second-order valence-corrected chi connectivity index (χ2v) is 18.9. The molecule has 8 aromatic rings. The predicted molar refractivity (Wildman–Crippen MR) is 316 cm³/mol. The quantitative estimate of drug-likeness (QED) is 0.0313. The van der Waals surface area contributed by atoms with Gasteiger partial charge in [-0.3, -0.25) is 4.99 Å². The number of hydrogen-bond donors (Lipinski definition) is 3. The van der Waals surface area contributed by atoms with Crippen LogP contribution in [0.3, 0.4) is 0 Å². The molecule has 9 rings (SSSR count). The summed E-state index contributed by atoms with van der Waals surface area (Å²) >= 11 is 0. The zero-order chi connectivity index (χ0) is 59.0. The second-order valence-electron chi connectivity index (χ2n) is 18.9. The van der Waals surface area contributed by atoms with Crippen LogP contribution >= 0.6 is 0 Å². The summed E-state index contributed by atoms with van der Waals surface area (Å²) in [6, 6.07) is 51.2. The normalized spacial score (nSPS) is 12.2. The van der Waals surface area contributed by atoms with Crippen LogP contribution in [0, 0.1) is 12.8 Å². The number of aliphatic imine (C=N–C) groups is 1. The number of alkyl halides is 9. The second kappa shape index (κ2) is 32.6. The first-order chi connectivity index (χ1) is 38.7. The minimum Gasteiger partial charge on any atom is -0.864 e. The molecule has 1 unspecified atom stereocenters. The smallest absolute Gasteiger partial charge is 0.416 e. The third-order valence-electron chi connectivity index (χ3n) is 13.1. The number of nitrogens with zero attached hydrogens (tertiary/aromatic N) is 1. The van der Waals surface area contributed by atoms with Gasteiger partial charge >= 0.3 is 18.5 Å². The van der Waals surface area contributed by atoms with E-state index < -0.39 is 35.2 Å². The molecule has 0 aliphatic heterocycles. The van der Waals surface area contributed by atoms with Crippen molar-refractivity contribution >= 4 is 33.0 Å². The molecule has 432 valence electrons. The van der Waals surface area contributed by atoms with E-state index in [1.54, 1.807) is 24.3 Å². The maximum Gasteiger partial charge on any atom is 0.416 e. The van der Waals surface area contributed by atoms with Crippen molar-refractivity contribution in [3.05, 3.63) is 269 Å². The van der Waals surface area contributed by atoms with E-state index in [1.165, 1.54) is 58.1 Å². The SMILES string of the molecule is C.C=C([O-])c1cccc2c1[CH+]C=C[CH+]2.CC(=NCCCc1cccc(C(F)(F)F)c1)c1cccc2ccccc12.CC(NCCCc1cccc(C(F)(F)F)c1)c1cccc2ccccc12.CO.NCCCc1cccc(C(F)(F)F)c1. The van der Waals surface area contributed by atoms with Gasteiger partial charge in [0, 0.05) is 43.1 Å². The third kappa shape index (κ3) is 20.6. The van der Waals surface area contributed by atoms with Gasteiger partial charge in [-0.1, -0.05) is 159 Å². The summed E-state index contributed by atoms with van der Waals surface area (Å²) in [5.41, 5.74) is 11.7. The van der Waals surface area contributed by atoms with Gasteiger partial charge in [0.25, 0.3) is 0 Å². The maximum atomic E-state index is 12.8. The number of halogens is 9. The highest BCUT2D eigenvalue weighted by molar-refractivity contribution is 6.09. The minimum absolute atomic E-state index is 0. The van der Waals surface area contributed by atoms with Crippen molar-refractivity contribution in [3.8, 4) is 0 Å². The van der Waals surface area contributed by atoms with Crippen LogP contribution in [0.15, 0.2) is 200 Å². The Morgan fingerprint density at radius 2 is 1.01 bits per heavy atom. The Labute approximate surface area is 476 Å². The van der Waals surface area contributed by atoms with Gasteiger partial charge in [-0.05, 0) is 127 Å². The van der Waals surface area contributed by atoms with Crippen LogP contribution in [0.1, 0.15) is 108 Å². The summed E-state index contributed by atoms with van der Waals surface area (Å²) in [6.07, 6.45) is -1.00. The molecule has 0 radical (unpaired) electrons. The summed E-state index contributed by atoms with van der Waals surface area (Å²) in [6.45, 7) is 9.35. The van der Waals surface area contributed by atoms with Gasteiger partial charge in [0.1, 0.15) is 12.8 Å². The first-order valence-electron chi connectivity index (χ1n) is 26.4. The van der Waals surface area contributed by atoms with Gasteiger partial charge in [0.2, 0.25) is 0 Å². The number of aliphatic hydroxyl groups excluding tert-OH is 1. The van der Waals surface area contributed by atoms with Gasteiger partial charge in [0.05, 0.1) is 40.5 Å². The lowest BCUT2D eigenvalue weighted by Crippen LogP contribution is -2.20. The van der Waals surface area contributed by atoms with E-state index in [1.807, 2.05) is 80.4 Å². The van der Waals surface area contributed by atoms with Gasteiger partial charge < -0.3 is 21.3 Å². The molecule has 4 N–H and O–H groups in total. The molecule has 0 amide bonds. The molecule has 1 aliphatic rings. The number of allylic oxidation sites excluding steroid dienone is 2. The molecule has 1 aliphatic carbocycles. The van der Waals surface area contributed by atoms with E-state index in [0.717, 1.165) is 71.6 Å². The molecule has 1 atom stereocenters. The van der Waals surface area contributed by atoms with Gasteiger partial charge in [-0.15, -0.1) is 0 Å². The summed E-state index contributed by atoms with van der Waals surface area (Å²) in [5.74, 6) is -0.128. The van der Waals surface area contributed by atoms with E-state index in [0.29, 0.717) is 61.9 Å². The Balaban J connectivity index is 0.000000242. The molecule has 0 saturated carbocycles. The van der Waals surface area contributed by atoms with Crippen LogP contribution in [0.4, 0.5) is 39.5 Å². The molecule has 0 fully saturated rings. The van der Waals surface area contributed by atoms with Crippen LogP contribution in [-0.2, 0) is 37.8 Å². The topological polar surface area (TPSA) is 93.7 Å². The molecule has 82 heavy (non-hydrogen) atoms. The average Bonchev–Trinajstić information content (AvgIpc) is 3.62. The van der Waals surface area contributed by atoms with E-state index in [9.17, 15) is 44.6 Å². The standard InChI is InChI=1S/C22H22F3N.C22H20F3N.C12H9O.C10H12F3N.CH4O.CH4/c2*1-16(20-13-5-10-18-9-2-3-12-21(18)20)26-14-6-8-17-7-4-11-19(15-17)22(23,24)25;1-9(13)11-8-4-6-10-5-2-3-7-12(10)11;11-10(12,13)9-5-1-3-8(7-9)4-2-6-14;1-2;/h2-5,7,9-13,15-16,26H,6,8,14H2,1H3;2-5,7,9-13,15H,6,8,14H2,1H3;2-8H,1H2;1,3,5,7H,2,4,6,14H2;2H,1H3;1H4/q;;+1;;;. The zero-order valence-electron chi connectivity index (χ0n) is 45.5. The fourth-order valence-electron chi connectivity index (χ4n) is 8.99. The van der Waals surface area contributed by atoms with E-state index in [2.05, 4.69) is 72.3 Å². The van der Waals surface area contributed by atoms with Gasteiger partial charge in [0.15, 0.2) is 11.1 Å². The highest BCUT2D eigenvalue weighted by Gasteiger charge is 2.32. The lowest BCUT2D eigenvalue weighted by atomic mass is 9.92. The predicted octanol–water partition coefficient (Wildman–Crippen LogP) is 17.0. The van der Waals surface area contributed by atoms with E-state index >= 15 is 0 Å². The van der Waals surface area contributed by atoms with Crippen LogP contribution < -0.4 is 16.2 Å². The summed E-state index contributed by atoms with van der Waals surface area (Å²) in [7, 11) is 1.00. The molecule has 8 aromatic carbocycles. The van der Waals surface area contributed by atoms with E-state index in [4.69, 9.17) is 10.8 Å². The van der Waals surface area contributed by atoms with Crippen LogP contribution in [0.2, 0.25) is 0 Å². The van der Waals surface area contributed by atoms with Gasteiger partial charge in [-0.2, -0.15) is 39.5 Å². The Morgan fingerprint density at radius 1 is 0.573 bits per heavy atom. The monoisotopic (exact) mass is 1130 g/mol. The number of fused-ring (bicyclic) bond motifs is 3. The van der Waals surface area contributed by atoms with Crippen LogP contribution in [-0.4, -0.2) is 37.6 Å². The van der Waals surface area contributed by atoms with Crippen molar-refractivity contribution in [2.75, 3.05) is 26.7 Å². The number of nitrogens with two attached hydrogens (primary N) is 1. The Bertz CT molecular complexity index is 3300. The van der Waals surface area contributed by atoms with Gasteiger partial charge in [-0.25, -0.2) is 0 Å². The average molecular weight is 1130 g/mol. The van der Waals surface area contributed by atoms with Crippen molar-refractivity contribution in [1.29, 1.82) is 0 Å². The van der Waals surface area contributed by atoms with Crippen molar-refractivity contribution in [2.45, 2.75) is 84.4 Å². The Kier molecular flexibility index (Phi) is 26.5. The molecule has 0 aromatic heterocycles. The minimum atomic E-state index is -4.29. The molecular formula is C68H71F9N3O2+. The van der Waals surface area contributed by atoms with Crippen LogP contribution in [0.25, 0.3) is 27.3 Å². The third-order valence-corrected chi connectivity index (χ3v) is 13.1. The molecule has 0 bridgehead atoms.